The van der Waals surface area contributed by atoms with Crippen LogP contribution in [0.4, 0.5) is 0 Å². The van der Waals surface area contributed by atoms with Crippen LogP contribution in [0.3, 0.4) is 0 Å². The maximum Gasteiger partial charge on any atom is 0.243 e. The number of fused-ring (bicyclic) bond motifs is 2. The Morgan fingerprint density at radius 2 is 0.917 bits per heavy atom. The molecular formula is C93H148N20O19S. The van der Waals surface area contributed by atoms with E-state index in [0.717, 1.165) is 69.8 Å². The quantitative estimate of drug-likeness (QED) is 0.0273. The Hall–Kier alpha value is -10.9. The van der Waals surface area contributed by atoms with Gasteiger partial charge in [0.25, 0.3) is 0 Å². The first-order valence-corrected chi connectivity index (χ1v) is 47.1. The lowest BCUT2D eigenvalue weighted by Crippen LogP contribution is -2.53. The van der Waals surface area contributed by atoms with E-state index in [4.69, 9.17) is 37.1 Å². The van der Waals surface area contributed by atoms with Crippen LogP contribution in [0.2, 0.25) is 0 Å². The minimum Gasteiger partial charge on any atom is -0.395 e. The molecule has 3 heterocycles. The molecule has 1 unspecified atom stereocenters. The molecule has 0 bridgehead atoms. The Morgan fingerprint density at radius 3 is 1.41 bits per heavy atom. The van der Waals surface area contributed by atoms with E-state index in [1.54, 1.807) is 30.2 Å². The first-order chi connectivity index (χ1) is 63.9. The van der Waals surface area contributed by atoms with Crippen molar-refractivity contribution in [1.82, 2.24) is 80.2 Å². The Kier molecular flexibility index (Phi) is 53.0. The van der Waals surface area contributed by atoms with Crippen molar-refractivity contribution in [1.29, 1.82) is 0 Å². The molecule has 39 nitrogen and oxygen atoms in total. The second-order valence-corrected chi connectivity index (χ2v) is 34.3. The number of likely N-dealkylation sites (N-methyl/N-ethyl adjacent to an activating group) is 1. The summed E-state index contributed by atoms with van der Waals surface area (Å²) < 4.78 is 15.7. The van der Waals surface area contributed by atoms with E-state index in [1.807, 2.05) is 98.4 Å². The van der Waals surface area contributed by atoms with Crippen molar-refractivity contribution in [3.05, 3.63) is 120 Å². The number of aromatic nitrogens is 1. The van der Waals surface area contributed by atoms with Gasteiger partial charge < -0.3 is 128 Å². The molecule has 0 spiro atoms. The second-order valence-electron chi connectivity index (χ2n) is 33.1. The predicted molar refractivity (Wildman–Crippen MR) is 507 cm³/mol. The van der Waals surface area contributed by atoms with E-state index in [-0.39, 0.29) is 122 Å². The number of hydrogen-bond donors (Lipinski definition) is 11. The van der Waals surface area contributed by atoms with Gasteiger partial charge >= 0.3 is 0 Å². The molecule has 2 saturated heterocycles. The van der Waals surface area contributed by atoms with Crippen LogP contribution in [0.15, 0.2) is 104 Å². The van der Waals surface area contributed by atoms with Crippen molar-refractivity contribution < 1.29 is 91.5 Å². The van der Waals surface area contributed by atoms with Gasteiger partial charge in [0.05, 0.1) is 109 Å². The lowest BCUT2D eigenvalue weighted by atomic mass is 10.0. The summed E-state index contributed by atoms with van der Waals surface area (Å²) in [4.78, 5) is 207. The largest absolute Gasteiger partial charge is 0.395 e. The van der Waals surface area contributed by atoms with Crippen molar-refractivity contribution in [3.8, 4) is 0 Å². The number of nitrogens with zero attached hydrogens (tertiary/aromatic N) is 11. The fraction of sp³-hybridized carbons (Fsp3) is 0.613. The number of benzene rings is 3. The first-order valence-electron chi connectivity index (χ1n) is 46.1. The van der Waals surface area contributed by atoms with Crippen LogP contribution in [0.25, 0.3) is 10.9 Å². The molecule has 2 fully saturated rings. The van der Waals surface area contributed by atoms with Crippen LogP contribution >= 0.6 is 11.8 Å². The Morgan fingerprint density at radius 1 is 0.481 bits per heavy atom. The molecule has 3 aromatic carbocycles. The summed E-state index contributed by atoms with van der Waals surface area (Å²) in [5, 5.41) is 33.5. The molecule has 4 aromatic rings. The Bertz CT molecular complexity index is 4290. The number of aliphatic hydroxyl groups excluding tert-OH is 2. The number of aliphatic hydroxyl groups is 2. The van der Waals surface area contributed by atoms with Crippen molar-refractivity contribution in [2.45, 2.75) is 160 Å². The fourth-order valence-electron chi connectivity index (χ4n) is 15.4. The standard InChI is InChI=1S/C49H76N10O10.C44H72N10O9S/c1-6-53(22-14-12-20-50)44(62)33-56(24-27-60)48(66)37-59(38(2)40-16-8-7-9-17-40)49(67)36-55(23-15-13-21-51)45(63)34-57(26-29-69-5)46(64)35-58(47(65)32-54(39(3)61)25-28-68-4)31-41-30-52-43-19-11-10-18-42(41)43;1-31(34-14-6-5-7-15-34)54(33(3)56)29-42(61)51(21-13-11-19-45)27-40(59)52(22-24-55)28-41(60)53(23-25-63-4)26-39(58)50-35(44(46)62)16-10-12-20-47-38(57)18-9-8-17-37-43-36(30-64-37)48-32(2)49-43/h7-11,16-19,30,38,52,60H,6,12-15,20-29,31-37,50-51H2,1-5H3;5-7,14-15,31,35-37,43,48-49,55H,2,8-13,16-30,45H2,1,3-4H3,(H2,46,62)(H,47,57)(H,50,58)/t38-;31-,35-,36-,37?,43-/m00/s1. The Labute approximate surface area is 787 Å². The lowest BCUT2D eigenvalue weighted by molar-refractivity contribution is -0.149. The number of unbranched alkanes of at least 4 members (excludes halogenated alkanes) is 5. The molecule has 6 rings (SSSR count). The summed E-state index contributed by atoms with van der Waals surface area (Å²) in [6.07, 6.45) is 9.67. The maximum atomic E-state index is 14.6. The molecule has 0 saturated carbocycles. The average molecular weight is 1880 g/mol. The van der Waals surface area contributed by atoms with Crippen LogP contribution in [0, 0.1) is 0 Å². The maximum absolute atomic E-state index is 14.6. The molecule has 0 aliphatic carbocycles. The topological polar surface area (TPSA) is 511 Å². The number of carbonyl (C=O) groups excluding carboxylic acids is 14. The first kappa shape index (κ1) is 113. The number of rotatable bonds is 64. The van der Waals surface area contributed by atoms with Crippen molar-refractivity contribution in [2.24, 2.45) is 22.9 Å². The van der Waals surface area contributed by atoms with E-state index in [1.165, 1.54) is 79.3 Å². The molecule has 740 valence electrons. The number of amides is 14. The molecule has 6 atom stereocenters. The average Bonchev–Trinajstić information content (AvgIpc) is 1.76. The number of ether oxygens (including phenoxy) is 3. The Balaban J connectivity index is 0.000000472. The monoisotopic (exact) mass is 1880 g/mol. The number of nitrogens with one attached hydrogen (secondary N) is 5. The molecule has 133 heavy (non-hydrogen) atoms. The van der Waals surface area contributed by atoms with Crippen LogP contribution in [-0.4, -0.2) is 386 Å². The molecular weight excluding hydrogens is 1730 g/mol. The minimum absolute atomic E-state index is 0.0140. The second kappa shape index (κ2) is 62.6. The third kappa shape index (κ3) is 39.7. The van der Waals surface area contributed by atoms with Crippen LogP contribution in [0.1, 0.15) is 147 Å². The smallest absolute Gasteiger partial charge is 0.243 e. The number of H-pyrrole nitrogens is 1. The van der Waals surface area contributed by atoms with Gasteiger partial charge in [-0.25, -0.2) is 0 Å². The van der Waals surface area contributed by atoms with Gasteiger partial charge in [-0.2, -0.15) is 11.8 Å². The highest BCUT2D eigenvalue weighted by atomic mass is 32.2. The highest BCUT2D eigenvalue weighted by Crippen LogP contribution is 2.35. The van der Waals surface area contributed by atoms with Gasteiger partial charge in [-0.3, -0.25) is 67.1 Å². The molecule has 14 amide bonds. The highest BCUT2D eigenvalue weighted by Gasteiger charge is 2.41. The summed E-state index contributed by atoms with van der Waals surface area (Å²) in [6.45, 7) is 9.79. The summed E-state index contributed by atoms with van der Waals surface area (Å²) in [5.41, 5.74) is 25.9. The normalized spacial score (nSPS) is 14.3. The van der Waals surface area contributed by atoms with Gasteiger partial charge in [0.15, 0.2) is 0 Å². The van der Waals surface area contributed by atoms with Crippen molar-refractivity contribution in [3.63, 3.8) is 0 Å². The zero-order valence-electron chi connectivity index (χ0n) is 79.2. The van der Waals surface area contributed by atoms with Crippen LogP contribution in [-0.2, 0) is 87.9 Å². The van der Waals surface area contributed by atoms with E-state index < -0.39 is 136 Å². The number of aromatic amines is 1. The summed E-state index contributed by atoms with van der Waals surface area (Å²) in [6, 6.07) is 24.5. The minimum atomic E-state index is -1.03. The highest BCUT2D eigenvalue weighted by molar-refractivity contribution is 8.00. The SMILES string of the molecule is C=C1N[C@H]2CSC(CCCCC(=O)NCCCC[C@H](NC(=O)CN(CCOC)C(=O)CN(CCO)C(=O)CN(CCCCN)C(=O)CN(C(C)=O)[C@@H](C)c3ccccc3)C(N)=O)[C@H]2N1.CCN(CCCCN)C(=O)CN(CCO)C(=O)CN(C(=O)CN(CCCCN)C(=O)CN(CCOC)C(=O)CN(Cc1c[nH]c2ccccc12)C(=O)CN(CCOC)C(C)=O)[C@@H](C)c1ccccc1. The van der Waals surface area contributed by atoms with E-state index in [2.05, 4.69) is 32.8 Å². The van der Waals surface area contributed by atoms with Crippen LogP contribution in [0.5, 0.6) is 0 Å². The third-order valence-electron chi connectivity index (χ3n) is 23.3. The van der Waals surface area contributed by atoms with Crippen molar-refractivity contribution >= 4 is 105 Å². The lowest BCUT2D eigenvalue weighted by Gasteiger charge is -2.34. The van der Waals surface area contributed by atoms with Gasteiger partial charge in [0.1, 0.15) is 25.7 Å². The van der Waals surface area contributed by atoms with Crippen molar-refractivity contribution in [2.75, 3.05) is 211 Å². The number of hydrogen-bond acceptors (Lipinski definition) is 25. The fourth-order valence-corrected chi connectivity index (χ4v) is 17.0. The number of primary amides is 1. The molecule has 2 aliphatic rings. The molecule has 15 N–H and O–H groups in total. The van der Waals surface area contributed by atoms with Gasteiger partial charge in [-0.15, -0.1) is 0 Å². The number of nitrogens with two attached hydrogens (primary N) is 4. The van der Waals surface area contributed by atoms with Gasteiger partial charge in [-0.05, 0) is 134 Å². The number of methoxy groups -OCH3 is 3. The summed E-state index contributed by atoms with van der Waals surface area (Å²) in [7, 11) is 4.37. The molecule has 40 heteroatoms. The molecule has 1 aromatic heterocycles. The number of thioether (sulfide) groups is 1. The number of carbonyl (C=O) groups is 14. The van der Waals surface area contributed by atoms with Gasteiger partial charge in [0, 0.05) is 142 Å². The molecule has 2 aliphatic heterocycles. The van der Waals surface area contributed by atoms with Gasteiger partial charge in [-0.1, -0.05) is 91.9 Å². The van der Waals surface area contributed by atoms with Crippen LogP contribution < -0.4 is 44.2 Å². The molecule has 0 radical (unpaired) electrons. The summed E-state index contributed by atoms with van der Waals surface area (Å²) >= 11 is 1.95. The summed E-state index contributed by atoms with van der Waals surface area (Å²) in [5.74, 6) is -5.01. The zero-order valence-corrected chi connectivity index (χ0v) is 80.0. The van der Waals surface area contributed by atoms with Gasteiger partial charge in [0.2, 0.25) is 82.7 Å². The zero-order chi connectivity index (χ0) is 97.7. The van der Waals surface area contributed by atoms with E-state index in [9.17, 15) is 77.3 Å². The predicted octanol–water partition coefficient (Wildman–Crippen LogP) is 0.825. The number of para-hydroxylation sites is 1. The van der Waals surface area contributed by atoms with E-state index >= 15 is 0 Å². The van der Waals surface area contributed by atoms with E-state index in [0.29, 0.717) is 108 Å². The third-order valence-corrected chi connectivity index (χ3v) is 24.8.